The standard InChI is InChI=1S/C26H29N3OS/c1-26(2,3)23-17-31-25(22(23)15-27)28-24(30)13-14-29(20-11-12-20)16-19-9-6-8-18-7-4-5-10-21(18)19/h4-10,17,20H,11-14,16H2,1-3H3,(H,28,30). The largest absolute Gasteiger partial charge is 0.317 e. The normalized spacial score (nSPS) is 14.0. The van der Waals surface area contributed by atoms with Crippen molar-refractivity contribution in [1.29, 1.82) is 5.26 Å². The number of hydrogen-bond acceptors (Lipinski definition) is 4. The smallest absolute Gasteiger partial charge is 0.226 e. The molecule has 1 amide bonds. The molecular weight excluding hydrogens is 402 g/mol. The molecule has 31 heavy (non-hydrogen) atoms. The van der Waals surface area contributed by atoms with Gasteiger partial charge in [0.1, 0.15) is 11.1 Å². The second-order valence-corrected chi connectivity index (χ2v) is 10.2. The highest BCUT2D eigenvalue weighted by Gasteiger charge is 2.29. The van der Waals surface area contributed by atoms with E-state index in [0.29, 0.717) is 23.0 Å². The third-order valence-corrected chi connectivity index (χ3v) is 6.80. The quantitative estimate of drug-likeness (QED) is 0.494. The van der Waals surface area contributed by atoms with Crippen LogP contribution in [0.2, 0.25) is 0 Å². The number of rotatable bonds is 7. The number of fused-ring (bicyclic) bond motifs is 1. The van der Waals surface area contributed by atoms with E-state index < -0.39 is 0 Å². The van der Waals surface area contributed by atoms with Crippen LogP contribution in [0.3, 0.4) is 0 Å². The molecule has 5 heteroatoms. The lowest BCUT2D eigenvalue weighted by molar-refractivity contribution is -0.116. The van der Waals surface area contributed by atoms with Crippen molar-refractivity contribution in [2.24, 2.45) is 0 Å². The van der Waals surface area contributed by atoms with E-state index in [0.717, 1.165) is 18.7 Å². The van der Waals surface area contributed by atoms with E-state index in [-0.39, 0.29) is 11.3 Å². The lowest BCUT2D eigenvalue weighted by Gasteiger charge is -2.22. The van der Waals surface area contributed by atoms with Gasteiger partial charge in [-0.2, -0.15) is 5.26 Å². The molecule has 0 saturated heterocycles. The van der Waals surface area contributed by atoms with Crippen molar-refractivity contribution in [1.82, 2.24) is 4.90 Å². The van der Waals surface area contributed by atoms with Crippen LogP contribution < -0.4 is 5.32 Å². The number of carbonyl (C=O) groups is 1. The van der Waals surface area contributed by atoms with Gasteiger partial charge in [-0.3, -0.25) is 9.69 Å². The molecule has 3 aromatic rings. The number of nitriles is 1. The van der Waals surface area contributed by atoms with Crippen LogP contribution in [0, 0.1) is 11.3 Å². The molecule has 0 bridgehead atoms. The van der Waals surface area contributed by atoms with Crippen LogP contribution in [-0.4, -0.2) is 23.4 Å². The fourth-order valence-electron chi connectivity index (χ4n) is 4.03. The number of carbonyl (C=O) groups excluding carboxylic acids is 1. The third-order valence-electron chi connectivity index (χ3n) is 5.91. The number of hydrogen-bond donors (Lipinski definition) is 1. The SMILES string of the molecule is CC(C)(C)c1csc(NC(=O)CCN(Cc2cccc3ccccc23)C2CC2)c1C#N. The summed E-state index contributed by atoms with van der Waals surface area (Å²) in [5.41, 5.74) is 2.78. The predicted molar refractivity (Wildman–Crippen MR) is 128 cm³/mol. The molecular formula is C26H29N3OS. The van der Waals surface area contributed by atoms with E-state index in [2.05, 4.69) is 79.5 Å². The predicted octanol–water partition coefficient (Wildman–Crippen LogP) is 6.06. The Morgan fingerprint density at radius 3 is 2.65 bits per heavy atom. The van der Waals surface area contributed by atoms with Gasteiger partial charge in [0, 0.05) is 25.6 Å². The second kappa shape index (κ2) is 8.82. The van der Waals surface area contributed by atoms with E-state index in [1.54, 1.807) is 0 Å². The Hall–Kier alpha value is -2.68. The number of thiophene rings is 1. The Kier molecular flexibility index (Phi) is 6.13. The second-order valence-electron chi connectivity index (χ2n) is 9.35. The lowest BCUT2D eigenvalue weighted by atomic mass is 9.86. The van der Waals surface area contributed by atoms with Crippen LogP contribution in [0.15, 0.2) is 47.8 Å². The number of anilines is 1. The van der Waals surface area contributed by atoms with Crippen molar-refractivity contribution in [3.8, 4) is 6.07 Å². The van der Waals surface area contributed by atoms with Gasteiger partial charge < -0.3 is 5.32 Å². The van der Waals surface area contributed by atoms with Crippen molar-refractivity contribution in [3.63, 3.8) is 0 Å². The molecule has 0 atom stereocenters. The summed E-state index contributed by atoms with van der Waals surface area (Å²) in [4.78, 5) is 15.1. The van der Waals surface area contributed by atoms with E-state index in [9.17, 15) is 10.1 Å². The molecule has 4 nitrogen and oxygen atoms in total. The van der Waals surface area contributed by atoms with Gasteiger partial charge in [0.25, 0.3) is 0 Å². The number of nitrogens with zero attached hydrogens (tertiary/aromatic N) is 2. The number of nitrogens with one attached hydrogen (secondary N) is 1. The zero-order valence-electron chi connectivity index (χ0n) is 18.4. The van der Waals surface area contributed by atoms with Gasteiger partial charge in [-0.05, 0) is 45.5 Å². The Morgan fingerprint density at radius 1 is 1.19 bits per heavy atom. The summed E-state index contributed by atoms with van der Waals surface area (Å²) in [6.45, 7) is 7.84. The third kappa shape index (κ3) is 4.98. The molecule has 0 aliphatic heterocycles. The minimum Gasteiger partial charge on any atom is -0.317 e. The molecule has 1 aliphatic rings. The van der Waals surface area contributed by atoms with Gasteiger partial charge in [0.15, 0.2) is 0 Å². The molecule has 1 N–H and O–H groups in total. The van der Waals surface area contributed by atoms with Crippen molar-refractivity contribution in [2.45, 2.75) is 58.0 Å². The zero-order chi connectivity index (χ0) is 22.0. The van der Waals surface area contributed by atoms with Crippen molar-refractivity contribution in [3.05, 3.63) is 64.5 Å². The zero-order valence-corrected chi connectivity index (χ0v) is 19.3. The molecule has 4 rings (SSSR count). The topological polar surface area (TPSA) is 56.1 Å². The molecule has 1 aliphatic carbocycles. The van der Waals surface area contributed by atoms with Gasteiger partial charge in [-0.25, -0.2) is 0 Å². The monoisotopic (exact) mass is 431 g/mol. The maximum atomic E-state index is 12.7. The van der Waals surface area contributed by atoms with Gasteiger partial charge >= 0.3 is 0 Å². The van der Waals surface area contributed by atoms with Crippen molar-refractivity contribution < 1.29 is 4.79 Å². The van der Waals surface area contributed by atoms with Crippen LogP contribution in [-0.2, 0) is 16.8 Å². The first-order valence-electron chi connectivity index (χ1n) is 10.9. The number of amides is 1. The Labute approximate surface area is 188 Å². The molecule has 0 radical (unpaired) electrons. The molecule has 2 aromatic carbocycles. The summed E-state index contributed by atoms with van der Waals surface area (Å²) in [7, 11) is 0. The average molecular weight is 432 g/mol. The Balaban J connectivity index is 1.42. The molecule has 160 valence electrons. The highest BCUT2D eigenvalue weighted by Crippen LogP contribution is 2.36. The molecule has 1 aromatic heterocycles. The molecule has 1 saturated carbocycles. The van der Waals surface area contributed by atoms with Gasteiger partial charge in [0.2, 0.25) is 5.91 Å². The lowest BCUT2D eigenvalue weighted by Crippen LogP contribution is -2.29. The van der Waals surface area contributed by atoms with E-state index in [4.69, 9.17) is 0 Å². The fraction of sp³-hybridized carbons (Fsp3) is 0.385. The first-order chi connectivity index (χ1) is 14.9. The minimum absolute atomic E-state index is 0.0256. The van der Waals surface area contributed by atoms with Crippen LogP contribution in [0.25, 0.3) is 10.8 Å². The summed E-state index contributed by atoms with van der Waals surface area (Å²) in [5, 5.41) is 17.8. The van der Waals surface area contributed by atoms with Crippen LogP contribution in [0.1, 0.15) is 56.7 Å². The average Bonchev–Trinajstić information content (AvgIpc) is 3.50. The van der Waals surface area contributed by atoms with Crippen LogP contribution in [0.4, 0.5) is 5.00 Å². The number of benzene rings is 2. The first-order valence-corrected chi connectivity index (χ1v) is 11.8. The molecule has 1 fully saturated rings. The molecule has 0 unspecified atom stereocenters. The fourth-order valence-corrected chi connectivity index (χ4v) is 5.18. The van der Waals surface area contributed by atoms with Crippen LogP contribution in [0.5, 0.6) is 0 Å². The van der Waals surface area contributed by atoms with E-state index >= 15 is 0 Å². The van der Waals surface area contributed by atoms with E-state index in [1.165, 1.54) is 40.5 Å². The summed E-state index contributed by atoms with van der Waals surface area (Å²) in [5.74, 6) is -0.0256. The maximum absolute atomic E-state index is 12.7. The van der Waals surface area contributed by atoms with Gasteiger partial charge in [0.05, 0.1) is 5.56 Å². The first kappa shape index (κ1) is 21.5. The minimum atomic E-state index is -0.119. The van der Waals surface area contributed by atoms with Gasteiger partial charge in [-0.15, -0.1) is 11.3 Å². The Bertz CT molecular complexity index is 1130. The van der Waals surface area contributed by atoms with Crippen LogP contribution >= 0.6 is 11.3 Å². The molecule has 0 spiro atoms. The van der Waals surface area contributed by atoms with Gasteiger partial charge in [-0.1, -0.05) is 63.2 Å². The maximum Gasteiger partial charge on any atom is 0.226 e. The summed E-state index contributed by atoms with van der Waals surface area (Å²) in [6.07, 6.45) is 2.82. The highest BCUT2D eigenvalue weighted by atomic mass is 32.1. The molecule has 1 heterocycles. The van der Waals surface area contributed by atoms with Crippen molar-refractivity contribution >= 4 is 33.0 Å². The van der Waals surface area contributed by atoms with Crippen molar-refractivity contribution in [2.75, 3.05) is 11.9 Å². The Morgan fingerprint density at radius 2 is 1.94 bits per heavy atom. The summed E-state index contributed by atoms with van der Waals surface area (Å²) < 4.78 is 0. The summed E-state index contributed by atoms with van der Waals surface area (Å²) >= 11 is 1.44. The highest BCUT2D eigenvalue weighted by molar-refractivity contribution is 7.14. The van der Waals surface area contributed by atoms with E-state index in [1.807, 2.05) is 5.38 Å². The summed E-state index contributed by atoms with van der Waals surface area (Å²) in [6, 6.07) is 17.8.